The van der Waals surface area contributed by atoms with Crippen molar-refractivity contribution in [2.45, 2.75) is 112 Å². The first-order valence-corrected chi connectivity index (χ1v) is 16.9. The first-order valence-electron chi connectivity index (χ1n) is 16.9. The number of rotatable bonds is 3. The third-order valence-corrected chi connectivity index (χ3v) is 14.4. The molecule has 3 saturated carbocycles. The number of aliphatic hydroxyl groups is 1. The molecule has 0 heterocycles. The quantitative estimate of drug-likeness (QED) is 0.376. The number of carbonyl (C=O) groups excluding carboxylic acids is 3. The van der Waals surface area contributed by atoms with Crippen LogP contribution < -0.4 is 5.32 Å². The molecule has 0 aromatic heterocycles. The smallest absolute Gasteiger partial charge is 0.226 e. The van der Waals surface area contributed by atoms with Crippen LogP contribution >= 0.6 is 0 Å². The van der Waals surface area contributed by atoms with Crippen molar-refractivity contribution in [3.63, 3.8) is 0 Å². The van der Waals surface area contributed by atoms with Crippen molar-refractivity contribution in [2.75, 3.05) is 0 Å². The highest BCUT2D eigenvalue weighted by atomic mass is 16.3. The van der Waals surface area contributed by atoms with Gasteiger partial charge < -0.3 is 10.4 Å². The van der Waals surface area contributed by atoms with Crippen LogP contribution in [0.2, 0.25) is 0 Å². The summed E-state index contributed by atoms with van der Waals surface area (Å²) in [6, 6.07) is 11.9. The number of nitriles is 1. The van der Waals surface area contributed by atoms with Gasteiger partial charge in [-0.1, -0.05) is 84.9 Å². The Labute approximate surface area is 268 Å². The molecule has 0 aliphatic heterocycles. The lowest BCUT2D eigenvalue weighted by molar-refractivity contribution is -0.242. The van der Waals surface area contributed by atoms with Gasteiger partial charge in [0.15, 0.2) is 11.6 Å². The Hall–Kier alpha value is -3.04. The zero-order chi connectivity index (χ0) is 33.0. The van der Waals surface area contributed by atoms with Gasteiger partial charge in [-0.25, -0.2) is 0 Å². The minimum Gasteiger partial charge on any atom is -0.381 e. The van der Waals surface area contributed by atoms with Gasteiger partial charge in [0.2, 0.25) is 5.91 Å². The fourth-order valence-corrected chi connectivity index (χ4v) is 11.2. The maximum atomic E-state index is 14.7. The van der Waals surface area contributed by atoms with E-state index >= 15 is 0 Å². The molecule has 3 fully saturated rings. The van der Waals surface area contributed by atoms with E-state index in [-0.39, 0.29) is 46.3 Å². The summed E-state index contributed by atoms with van der Waals surface area (Å²) in [6.07, 6.45) is 8.52. The summed E-state index contributed by atoms with van der Waals surface area (Å²) in [5, 5.41) is 26.3. The maximum Gasteiger partial charge on any atom is 0.226 e. The van der Waals surface area contributed by atoms with Gasteiger partial charge in [0, 0.05) is 27.6 Å². The summed E-state index contributed by atoms with van der Waals surface area (Å²) in [5.74, 6) is -0.879. The number of fused-ring (bicyclic) bond motifs is 7. The second kappa shape index (κ2) is 9.74. The number of amides is 1. The zero-order valence-electron chi connectivity index (χ0n) is 28.3. The van der Waals surface area contributed by atoms with Crippen molar-refractivity contribution < 1.29 is 19.5 Å². The Bertz CT molecular complexity index is 1590. The van der Waals surface area contributed by atoms with Crippen LogP contribution in [-0.4, -0.2) is 28.2 Å². The maximum absolute atomic E-state index is 14.7. The number of carbonyl (C=O) groups is 3. The molecular formula is C39H50N2O4. The number of nitrogens with one attached hydrogen (secondary N) is 1. The number of allylic oxidation sites excluding steroid dienone is 3. The second-order valence-corrected chi connectivity index (χ2v) is 17.0. The van der Waals surface area contributed by atoms with Crippen LogP contribution in [0.3, 0.4) is 0 Å². The molecule has 5 aliphatic carbocycles. The lowest BCUT2D eigenvalue weighted by atomic mass is 9.33. The third-order valence-electron chi connectivity index (χ3n) is 14.4. The molecule has 0 bridgehead atoms. The summed E-state index contributed by atoms with van der Waals surface area (Å²) in [7, 11) is 0. The van der Waals surface area contributed by atoms with Gasteiger partial charge in [0.05, 0.1) is 11.6 Å². The number of Topliss-reactive ketones (excluding diaryl/α,β-unsaturated/α-hetero) is 1. The summed E-state index contributed by atoms with van der Waals surface area (Å²) in [4.78, 5) is 42.0. The molecule has 1 aromatic carbocycles. The van der Waals surface area contributed by atoms with Crippen molar-refractivity contribution in [3.8, 4) is 6.07 Å². The summed E-state index contributed by atoms with van der Waals surface area (Å²) >= 11 is 0. The monoisotopic (exact) mass is 610 g/mol. The minimum absolute atomic E-state index is 0.0289. The fourth-order valence-electron chi connectivity index (χ4n) is 11.2. The van der Waals surface area contributed by atoms with Crippen molar-refractivity contribution in [2.24, 2.45) is 44.3 Å². The van der Waals surface area contributed by atoms with E-state index in [4.69, 9.17) is 0 Å². The van der Waals surface area contributed by atoms with Gasteiger partial charge in [-0.2, -0.15) is 5.26 Å². The highest BCUT2D eigenvalue weighted by Crippen LogP contribution is 2.75. The highest BCUT2D eigenvalue weighted by Gasteiger charge is 2.75. The largest absolute Gasteiger partial charge is 0.381 e. The van der Waals surface area contributed by atoms with Crippen LogP contribution in [0, 0.1) is 55.7 Å². The lowest BCUT2D eigenvalue weighted by Crippen LogP contribution is -2.74. The van der Waals surface area contributed by atoms with Crippen LogP contribution in [-0.2, 0) is 14.4 Å². The Kier molecular flexibility index (Phi) is 6.91. The van der Waals surface area contributed by atoms with E-state index in [0.717, 1.165) is 36.8 Å². The predicted octanol–water partition coefficient (Wildman–Crippen LogP) is 7.20. The molecule has 9 atom stereocenters. The fraction of sp³-hybridized carbons (Fsp3) is 0.641. The number of benzene rings is 1. The molecule has 240 valence electrons. The average molecular weight is 611 g/mol. The first kappa shape index (κ1) is 31.9. The van der Waals surface area contributed by atoms with Crippen LogP contribution in [0.5, 0.6) is 0 Å². The summed E-state index contributed by atoms with van der Waals surface area (Å²) in [6.45, 7) is 16.5. The number of hydrogen-bond donors (Lipinski definition) is 2. The van der Waals surface area contributed by atoms with Gasteiger partial charge in [-0.15, -0.1) is 0 Å². The van der Waals surface area contributed by atoms with Crippen molar-refractivity contribution in [1.82, 2.24) is 5.32 Å². The Morgan fingerprint density at radius 1 is 0.956 bits per heavy atom. The molecule has 2 N–H and O–H groups in total. The topological polar surface area (TPSA) is 107 Å². The van der Waals surface area contributed by atoms with E-state index in [1.807, 2.05) is 64.1 Å². The molecule has 0 spiro atoms. The first-order chi connectivity index (χ1) is 20.8. The molecule has 1 aromatic rings. The molecule has 6 heteroatoms. The molecule has 45 heavy (non-hydrogen) atoms. The van der Waals surface area contributed by atoms with Crippen molar-refractivity contribution in [3.05, 3.63) is 59.2 Å². The molecule has 0 saturated heterocycles. The van der Waals surface area contributed by atoms with Crippen LogP contribution in [0.4, 0.5) is 0 Å². The average Bonchev–Trinajstić information content (AvgIpc) is 2.99. The van der Waals surface area contributed by atoms with Gasteiger partial charge in [-0.05, 0) is 85.8 Å². The number of ketones is 2. The normalized spacial score (nSPS) is 44.1. The predicted molar refractivity (Wildman–Crippen MR) is 173 cm³/mol. The molecule has 0 unspecified atom stereocenters. The molecular weight excluding hydrogens is 560 g/mol. The Morgan fingerprint density at radius 3 is 2.24 bits per heavy atom. The zero-order valence-corrected chi connectivity index (χ0v) is 28.3. The standard InChI is InChI=1S/C39H50N2O4/c1-24(25-12-10-9-11-13-25)41-32(44)35(5)17-16-34(4)18-19-38(8)37(7)15-14-27-33(2,3)31(43)26(23-40)21-36(27,6)28(37)20-30(42)39(38,45)29(34)22-35/h9-13,20-21,24,27,29,45H,14-19,22H2,1-8H3,(H,41,44)/t24-,27-,29+,34+,35-,36-,37+,38-,39+/m0/s1. The molecule has 6 rings (SSSR count). The molecule has 5 aliphatic rings. The highest BCUT2D eigenvalue weighted by molar-refractivity contribution is 6.05. The molecule has 0 radical (unpaired) electrons. The van der Waals surface area contributed by atoms with E-state index in [9.17, 15) is 24.8 Å². The van der Waals surface area contributed by atoms with E-state index < -0.39 is 32.7 Å². The third kappa shape index (κ3) is 3.98. The Balaban J connectivity index is 1.42. The van der Waals surface area contributed by atoms with Gasteiger partial charge >= 0.3 is 0 Å². The summed E-state index contributed by atoms with van der Waals surface area (Å²) < 4.78 is 0. The molecule has 1 amide bonds. The van der Waals surface area contributed by atoms with E-state index in [0.29, 0.717) is 19.3 Å². The van der Waals surface area contributed by atoms with E-state index in [1.165, 1.54) is 0 Å². The van der Waals surface area contributed by atoms with Gasteiger partial charge in [-0.3, -0.25) is 14.4 Å². The van der Waals surface area contributed by atoms with Gasteiger partial charge in [0.1, 0.15) is 11.7 Å². The minimum atomic E-state index is -1.64. The van der Waals surface area contributed by atoms with Crippen molar-refractivity contribution >= 4 is 17.5 Å². The number of hydrogen-bond acceptors (Lipinski definition) is 5. The SMILES string of the molecule is C[C@H](NC(=O)[C@@]1(C)CC[C@]2(C)CC[C@@]3(C)[C@]4(C)CC[C@H]5C(C)(C)C(=O)C(C#N)=C[C@]5(C)C4=CC(=O)[C@]3(O)[C@@H]2C1)c1ccccc1. The lowest BCUT2D eigenvalue weighted by Gasteiger charge is -2.71. The summed E-state index contributed by atoms with van der Waals surface area (Å²) in [5.41, 5.74) is -3.21. The van der Waals surface area contributed by atoms with E-state index in [1.54, 1.807) is 6.08 Å². The van der Waals surface area contributed by atoms with Crippen LogP contribution in [0.1, 0.15) is 112 Å². The van der Waals surface area contributed by atoms with Gasteiger partial charge in [0.25, 0.3) is 0 Å². The second-order valence-electron chi connectivity index (χ2n) is 17.0. The molecule has 6 nitrogen and oxygen atoms in total. The van der Waals surface area contributed by atoms with Crippen molar-refractivity contribution in [1.29, 1.82) is 5.26 Å². The Morgan fingerprint density at radius 2 is 1.60 bits per heavy atom. The van der Waals surface area contributed by atoms with Crippen LogP contribution in [0.15, 0.2) is 53.6 Å². The van der Waals surface area contributed by atoms with E-state index in [2.05, 4.69) is 39.1 Å². The van der Waals surface area contributed by atoms with Crippen LogP contribution in [0.25, 0.3) is 0 Å². The number of nitrogens with zero attached hydrogens (tertiary/aromatic N) is 1.